The minimum absolute atomic E-state index is 0.0765. The Morgan fingerprint density at radius 1 is 0.737 bits per heavy atom. The molecule has 0 aliphatic rings. The van der Waals surface area contributed by atoms with Crippen molar-refractivity contribution in [2.75, 3.05) is 0 Å². The van der Waals surface area contributed by atoms with Crippen molar-refractivity contribution in [2.24, 2.45) is 0 Å². The van der Waals surface area contributed by atoms with Crippen LogP contribution in [0.1, 0.15) is 31.1 Å². The van der Waals surface area contributed by atoms with E-state index < -0.39 is 0 Å². The minimum atomic E-state index is -0.207. The third-order valence-corrected chi connectivity index (χ3v) is 2.80. The number of hydrogen-bond acceptors (Lipinski definition) is 3. The van der Waals surface area contributed by atoms with Gasteiger partial charge in [0, 0.05) is 0 Å². The van der Waals surface area contributed by atoms with Crippen LogP contribution < -0.4 is 0 Å². The van der Waals surface area contributed by atoms with Gasteiger partial charge in [0.1, 0.15) is 17.6 Å². The van der Waals surface area contributed by atoms with Gasteiger partial charge in [-0.15, -0.1) is 0 Å². The van der Waals surface area contributed by atoms with Crippen molar-refractivity contribution in [3.05, 3.63) is 59.7 Å². The highest BCUT2D eigenvalue weighted by Gasteiger charge is 2.16. The first-order valence-electron chi connectivity index (χ1n) is 6.29. The largest absolute Gasteiger partial charge is 0.508 e. The molecule has 0 aromatic heterocycles. The maximum Gasteiger partial charge on any atom is 0.115 e. The van der Waals surface area contributed by atoms with E-state index in [0.29, 0.717) is 0 Å². The molecule has 0 unspecified atom stereocenters. The molecular formula is C16H18O3. The highest BCUT2D eigenvalue weighted by Crippen LogP contribution is 2.29. The molecule has 0 spiro atoms. The van der Waals surface area contributed by atoms with E-state index in [4.69, 9.17) is 4.74 Å². The lowest BCUT2D eigenvalue weighted by Crippen LogP contribution is -2.11. The molecule has 2 aromatic carbocycles. The summed E-state index contributed by atoms with van der Waals surface area (Å²) in [6.07, 6.45) is -0.131. The Morgan fingerprint density at radius 3 is 1.42 bits per heavy atom. The zero-order valence-corrected chi connectivity index (χ0v) is 11.1. The summed E-state index contributed by atoms with van der Waals surface area (Å²) in [6.45, 7) is 3.96. The van der Waals surface area contributed by atoms with Gasteiger partial charge in [-0.2, -0.15) is 0 Å². The van der Waals surface area contributed by atoms with Gasteiger partial charge < -0.3 is 14.9 Å². The van der Waals surface area contributed by atoms with E-state index in [1.54, 1.807) is 24.3 Å². The number of phenols is 2. The fraction of sp³-hybridized carbons (Fsp3) is 0.250. The van der Waals surface area contributed by atoms with Crippen molar-refractivity contribution < 1.29 is 14.9 Å². The maximum atomic E-state index is 9.35. The zero-order chi connectivity index (χ0) is 13.8. The van der Waals surface area contributed by atoms with E-state index in [2.05, 4.69) is 0 Å². The van der Waals surface area contributed by atoms with Crippen molar-refractivity contribution in [3.8, 4) is 11.5 Å². The lowest BCUT2D eigenvalue weighted by Gasteiger charge is -2.21. The lowest BCUT2D eigenvalue weighted by molar-refractivity contribution is 0.0303. The van der Waals surface area contributed by atoms with Crippen molar-refractivity contribution in [3.63, 3.8) is 0 Å². The molecule has 0 amide bonds. The fourth-order valence-corrected chi connectivity index (χ4v) is 1.92. The van der Waals surface area contributed by atoms with Crippen LogP contribution in [0.25, 0.3) is 0 Å². The van der Waals surface area contributed by atoms with Crippen molar-refractivity contribution in [1.29, 1.82) is 0 Å². The molecule has 2 N–H and O–H groups in total. The molecule has 0 saturated heterocycles. The molecule has 3 heteroatoms. The van der Waals surface area contributed by atoms with E-state index in [1.807, 2.05) is 38.1 Å². The lowest BCUT2D eigenvalue weighted by atomic mass is 10.0. The second-order valence-corrected chi connectivity index (χ2v) is 4.75. The number of aromatic hydroxyl groups is 2. The Labute approximate surface area is 113 Å². The minimum Gasteiger partial charge on any atom is -0.508 e. The molecule has 0 aliphatic heterocycles. The van der Waals surface area contributed by atoms with Crippen LogP contribution in [0.5, 0.6) is 11.5 Å². The van der Waals surface area contributed by atoms with Gasteiger partial charge in [-0.3, -0.25) is 0 Å². The molecule has 3 nitrogen and oxygen atoms in total. The van der Waals surface area contributed by atoms with Crippen LogP contribution >= 0.6 is 0 Å². The SMILES string of the molecule is CC(C)OC(c1ccc(O)cc1)c1ccc(O)cc1. The Hall–Kier alpha value is -2.00. The summed E-state index contributed by atoms with van der Waals surface area (Å²) in [7, 11) is 0. The summed E-state index contributed by atoms with van der Waals surface area (Å²) < 4.78 is 5.94. The average Bonchev–Trinajstić information content (AvgIpc) is 2.38. The third kappa shape index (κ3) is 3.48. The highest BCUT2D eigenvalue weighted by atomic mass is 16.5. The van der Waals surface area contributed by atoms with Crippen LogP contribution in [0.3, 0.4) is 0 Å². The van der Waals surface area contributed by atoms with Gasteiger partial charge in [0.2, 0.25) is 0 Å². The molecule has 2 aromatic rings. The van der Waals surface area contributed by atoms with Gasteiger partial charge in [0.25, 0.3) is 0 Å². The molecule has 2 rings (SSSR count). The van der Waals surface area contributed by atoms with Crippen molar-refractivity contribution in [2.45, 2.75) is 26.1 Å². The van der Waals surface area contributed by atoms with E-state index in [1.165, 1.54) is 0 Å². The van der Waals surface area contributed by atoms with Gasteiger partial charge in [-0.05, 0) is 49.2 Å². The van der Waals surface area contributed by atoms with Gasteiger partial charge in [-0.1, -0.05) is 24.3 Å². The number of phenolic OH excluding ortho intramolecular Hbond substituents is 2. The molecule has 0 atom stereocenters. The number of rotatable bonds is 4. The van der Waals surface area contributed by atoms with E-state index in [0.717, 1.165) is 11.1 Å². The molecule has 0 bridgehead atoms. The Morgan fingerprint density at radius 2 is 1.11 bits per heavy atom. The first-order valence-corrected chi connectivity index (χ1v) is 6.29. The summed E-state index contributed by atoms with van der Waals surface area (Å²) in [5.74, 6) is 0.468. The number of ether oxygens (including phenoxy) is 1. The molecule has 0 saturated carbocycles. The first-order chi connectivity index (χ1) is 9.06. The first kappa shape index (κ1) is 13.4. The summed E-state index contributed by atoms with van der Waals surface area (Å²) >= 11 is 0. The number of benzene rings is 2. The Balaban J connectivity index is 2.35. The van der Waals surface area contributed by atoms with Crippen LogP contribution in [-0.4, -0.2) is 16.3 Å². The highest BCUT2D eigenvalue weighted by molar-refractivity contribution is 5.36. The van der Waals surface area contributed by atoms with Crippen LogP contribution in [0.15, 0.2) is 48.5 Å². The van der Waals surface area contributed by atoms with E-state index in [-0.39, 0.29) is 23.7 Å². The van der Waals surface area contributed by atoms with Gasteiger partial charge in [-0.25, -0.2) is 0 Å². The van der Waals surface area contributed by atoms with Crippen LogP contribution in [0.4, 0.5) is 0 Å². The molecule has 0 radical (unpaired) electrons. The summed E-state index contributed by atoms with van der Waals surface area (Å²) in [5.41, 5.74) is 1.94. The van der Waals surface area contributed by atoms with E-state index in [9.17, 15) is 10.2 Å². The molecular weight excluding hydrogens is 240 g/mol. The van der Waals surface area contributed by atoms with E-state index >= 15 is 0 Å². The zero-order valence-electron chi connectivity index (χ0n) is 11.1. The summed E-state index contributed by atoms with van der Waals surface area (Å²) in [6, 6.07) is 14.0. The van der Waals surface area contributed by atoms with Crippen LogP contribution in [0, 0.1) is 0 Å². The molecule has 100 valence electrons. The molecule has 0 aliphatic carbocycles. The maximum absolute atomic E-state index is 9.35. The van der Waals surface area contributed by atoms with Crippen LogP contribution in [0.2, 0.25) is 0 Å². The van der Waals surface area contributed by atoms with Gasteiger partial charge in [0.15, 0.2) is 0 Å². The van der Waals surface area contributed by atoms with Crippen molar-refractivity contribution in [1.82, 2.24) is 0 Å². The second kappa shape index (κ2) is 5.76. The molecule has 0 fully saturated rings. The monoisotopic (exact) mass is 258 g/mol. The third-order valence-electron chi connectivity index (χ3n) is 2.80. The topological polar surface area (TPSA) is 49.7 Å². The summed E-state index contributed by atoms with van der Waals surface area (Å²) in [4.78, 5) is 0. The Kier molecular flexibility index (Phi) is 4.07. The predicted molar refractivity (Wildman–Crippen MR) is 74.3 cm³/mol. The average molecular weight is 258 g/mol. The normalized spacial score (nSPS) is 11.2. The predicted octanol–water partition coefficient (Wildman–Crippen LogP) is 3.61. The van der Waals surface area contributed by atoms with Gasteiger partial charge >= 0.3 is 0 Å². The molecule has 0 heterocycles. The van der Waals surface area contributed by atoms with Gasteiger partial charge in [0.05, 0.1) is 6.10 Å². The Bertz CT molecular complexity index is 469. The second-order valence-electron chi connectivity index (χ2n) is 4.75. The smallest absolute Gasteiger partial charge is 0.115 e. The fourth-order valence-electron chi connectivity index (χ4n) is 1.92. The quantitative estimate of drug-likeness (QED) is 0.880. The standard InChI is InChI=1S/C16H18O3/c1-11(2)19-16(12-3-7-14(17)8-4-12)13-5-9-15(18)10-6-13/h3-11,16-18H,1-2H3. The number of hydrogen-bond donors (Lipinski definition) is 2. The molecule has 19 heavy (non-hydrogen) atoms. The van der Waals surface area contributed by atoms with Crippen molar-refractivity contribution >= 4 is 0 Å². The summed E-state index contributed by atoms with van der Waals surface area (Å²) in [5, 5.41) is 18.7. The van der Waals surface area contributed by atoms with Crippen LogP contribution in [-0.2, 0) is 4.74 Å².